The molecule has 0 unspecified atom stereocenters. The number of hydrogen-bond acceptors (Lipinski definition) is 5. The van der Waals surface area contributed by atoms with E-state index in [1.165, 1.54) is 0 Å². The Labute approximate surface area is 245 Å². The smallest absolute Gasteiger partial charge is 0.419 e. The monoisotopic (exact) mass is 598 g/mol. The van der Waals surface area contributed by atoms with Gasteiger partial charge in [-0.25, -0.2) is 9.18 Å². The van der Waals surface area contributed by atoms with E-state index in [2.05, 4.69) is 22.8 Å². The summed E-state index contributed by atoms with van der Waals surface area (Å²) in [4.78, 5) is 25.6. The van der Waals surface area contributed by atoms with E-state index in [1.54, 1.807) is 0 Å². The standard InChI is InChI=1S/C32H30F4N2O5/c33-26-15-19(9-10-25(26)32(34,35)36)42-18-28(40)37-31-13-11-30(12-14-31,16-27(31)39)38-29(41)43-17-24-22-7-3-1-5-20(22)21-6-2-4-8-23(21)24/h1-10,15,24,27,39H,11-14,16-18H2,(H,37,40)(H,38,41)/t27-,30?,31?/m1/s1. The fraction of sp³-hybridized carbons (Fsp3) is 0.375. The molecule has 3 saturated carbocycles. The number of ether oxygens (including phenoxy) is 2. The number of carbonyl (C=O) groups excluding carboxylic acids is 2. The van der Waals surface area contributed by atoms with Crippen LogP contribution in [0.4, 0.5) is 22.4 Å². The molecule has 226 valence electrons. The van der Waals surface area contributed by atoms with E-state index in [9.17, 15) is 32.3 Å². The molecule has 43 heavy (non-hydrogen) atoms. The number of amides is 2. The van der Waals surface area contributed by atoms with E-state index in [0.29, 0.717) is 37.8 Å². The molecule has 1 atom stereocenters. The second-order valence-corrected chi connectivity index (χ2v) is 11.6. The second kappa shape index (κ2) is 10.9. The van der Waals surface area contributed by atoms with Gasteiger partial charge < -0.3 is 25.2 Å². The normalized spacial score (nSPS) is 24.2. The Hall–Kier alpha value is -4.12. The number of hydrogen-bond donors (Lipinski definition) is 3. The highest BCUT2D eigenvalue weighted by molar-refractivity contribution is 5.79. The van der Waals surface area contributed by atoms with Crippen molar-refractivity contribution in [2.45, 2.75) is 61.4 Å². The summed E-state index contributed by atoms with van der Waals surface area (Å²) < 4.78 is 63.1. The van der Waals surface area contributed by atoms with Crippen molar-refractivity contribution in [1.82, 2.24) is 10.6 Å². The fourth-order valence-electron chi connectivity index (χ4n) is 6.79. The Bertz CT molecular complexity index is 1510. The minimum Gasteiger partial charge on any atom is -0.484 e. The van der Waals surface area contributed by atoms with Crippen LogP contribution in [-0.4, -0.2) is 47.5 Å². The SMILES string of the molecule is O=C(COc1ccc(C(F)(F)F)c(F)c1)NC12CCC(NC(=O)OCC3c4ccccc4-c4ccccc43)(CC1)C[C@H]2O. The molecule has 0 spiro atoms. The first-order valence-corrected chi connectivity index (χ1v) is 14.1. The average molecular weight is 599 g/mol. The van der Waals surface area contributed by atoms with Crippen LogP contribution in [0.2, 0.25) is 0 Å². The minimum atomic E-state index is -4.84. The van der Waals surface area contributed by atoms with E-state index >= 15 is 0 Å². The number of carbonyl (C=O) groups is 2. The van der Waals surface area contributed by atoms with Gasteiger partial charge in [0.1, 0.15) is 18.2 Å². The molecule has 11 heteroatoms. The molecular formula is C32H30F4N2O5. The lowest BCUT2D eigenvalue weighted by molar-refractivity contribution is -0.140. The molecule has 2 bridgehead atoms. The summed E-state index contributed by atoms with van der Waals surface area (Å²) in [7, 11) is 0. The van der Waals surface area contributed by atoms with Crippen LogP contribution >= 0.6 is 0 Å². The van der Waals surface area contributed by atoms with Gasteiger partial charge in [-0.2, -0.15) is 13.2 Å². The highest BCUT2D eigenvalue weighted by Gasteiger charge is 2.55. The highest BCUT2D eigenvalue weighted by Crippen LogP contribution is 2.48. The Morgan fingerprint density at radius 1 is 0.907 bits per heavy atom. The van der Waals surface area contributed by atoms with Gasteiger partial charge in [0, 0.05) is 17.5 Å². The molecule has 3 aromatic carbocycles. The maximum absolute atomic E-state index is 13.8. The van der Waals surface area contributed by atoms with Crippen LogP contribution in [0.25, 0.3) is 11.1 Å². The number of halogens is 4. The van der Waals surface area contributed by atoms with Crippen LogP contribution in [0.15, 0.2) is 66.7 Å². The van der Waals surface area contributed by atoms with Crippen LogP contribution in [0.5, 0.6) is 5.75 Å². The van der Waals surface area contributed by atoms with Gasteiger partial charge in [0.2, 0.25) is 0 Å². The zero-order chi connectivity index (χ0) is 30.4. The lowest BCUT2D eigenvalue weighted by Gasteiger charge is -2.56. The maximum atomic E-state index is 13.8. The molecule has 0 saturated heterocycles. The van der Waals surface area contributed by atoms with Gasteiger partial charge in [0.05, 0.1) is 17.2 Å². The molecule has 4 aliphatic rings. The van der Waals surface area contributed by atoms with Crippen LogP contribution in [0.3, 0.4) is 0 Å². The van der Waals surface area contributed by atoms with Crippen molar-refractivity contribution in [3.8, 4) is 16.9 Å². The molecule has 3 aromatic rings. The van der Waals surface area contributed by atoms with Crippen LogP contribution in [-0.2, 0) is 15.7 Å². The Morgan fingerprint density at radius 3 is 2.12 bits per heavy atom. The summed E-state index contributed by atoms with van der Waals surface area (Å²) in [6.45, 7) is -0.399. The third-order valence-corrected chi connectivity index (χ3v) is 9.04. The van der Waals surface area contributed by atoms with Crippen molar-refractivity contribution in [2.24, 2.45) is 0 Å². The Balaban J connectivity index is 1.02. The zero-order valence-corrected chi connectivity index (χ0v) is 23.0. The summed E-state index contributed by atoms with van der Waals surface area (Å²) in [5.74, 6) is -2.40. The molecule has 2 amide bonds. The third kappa shape index (κ3) is 5.53. The van der Waals surface area contributed by atoms with Gasteiger partial charge in [0.15, 0.2) is 6.61 Å². The van der Waals surface area contributed by atoms with Gasteiger partial charge in [-0.3, -0.25) is 4.79 Å². The van der Waals surface area contributed by atoms with Crippen LogP contribution < -0.4 is 15.4 Å². The molecule has 3 N–H and O–H groups in total. The number of fused-ring (bicyclic) bond motifs is 6. The summed E-state index contributed by atoms with van der Waals surface area (Å²) >= 11 is 0. The van der Waals surface area contributed by atoms with Crippen molar-refractivity contribution in [3.05, 3.63) is 89.2 Å². The van der Waals surface area contributed by atoms with E-state index < -0.39 is 53.3 Å². The summed E-state index contributed by atoms with van der Waals surface area (Å²) in [5, 5.41) is 16.8. The van der Waals surface area contributed by atoms with Crippen molar-refractivity contribution >= 4 is 12.0 Å². The van der Waals surface area contributed by atoms with Crippen molar-refractivity contribution in [1.29, 1.82) is 0 Å². The van der Waals surface area contributed by atoms with Crippen LogP contribution in [0, 0.1) is 5.82 Å². The van der Waals surface area contributed by atoms with Gasteiger partial charge in [-0.1, -0.05) is 48.5 Å². The number of nitrogens with one attached hydrogen (secondary N) is 2. The molecule has 0 aliphatic heterocycles. The first-order valence-electron chi connectivity index (χ1n) is 14.1. The predicted molar refractivity (Wildman–Crippen MR) is 148 cm³/mol. The number of alkyl halides is 3. The quantitative estimate of drug-likeness (QED) is 0.304. The van der Waals surface area contributed by atoms with E-state index in [4.69, 9.17) is 9.47 Å². The first-order chi connectivity index (χ1) is 20.5. The van der Waals surface area contributed by atoms with E-state index in [-0.39, 0.29) is 24.7 Å². The number of aliphatic hydroxyl groups is 1. The number of rotatable bonds is 7. The summed E-state index contributed by atoms with van der Waals surface area (Å²) in [6.07, 6.45) is -4.38. The molecular weight excluding hydrogens is 568 g/mol. The van der Waals surface area contributed by atoms with Crippen molar-refractivity contribution in [3.63, 3.8) is 0 Å². The molecule has 7 nitrogen and oxygen atoms in total. The second-order valence-electron chi connectivity index (χ2n) is 11.6. The number of alkyl carbamates (subject to hydrolysis) is 1. The maximum Gasteiger partial charge on any atom is 0.419 e. The van der Waals surface area contributed by atoms with Crippen LogP contribution in [0.1, 0.15) is 54.7 Å². The molecule has 4 aliphatic carbocycles. The van der Waals surface area contributed by atoms with Crippen molar-refractivity contribution < 1.29 is 41.7 Å². The lowest BCUT2D eigenvalue weighted by Crippen LogP contribution is -2.70. The fourth-order valence-corrected chi connectivity index (χ4v) is 6.79. The molecule has 3 fully saturated rings. The predicted octanol–water partition coefficient (Wildman–Crippen LogP) is 5.69. The molecule has 0 radical (unpaired) electrons. The minimum absolute atomic E-state index is 0.0805. The first kappa shape index (κ1) is 29.0. The Kier molecular flexibility index (Phi) is 7.32. The summed E-state index contributed by atoms with van der Waals surface area (Å²) in [6, 6.07) is 18.2. The van der Waals surface area contributed by atoms with Gasteiger partial charge in [0.25, 0.3) is 5.91 Å². The topological polar surface area (TPSA) is 96.9 Å². The van der Waals surface area contributed by atoms with Gasteiger partial charge >= 0.3 is 12.3 Å². The van der Waals surface area contributed by atoms with Crippen molar-refractivity contribution in [2.75, 3.05) is 13.2 Å². The average Bonchev–Trinajstić information content (AvgIpc) is 3.29. The van der Waals surface area contributed by atoms with E-state index in [1.807, 2.05) is 36.4 Å². The highest BCUT2D eigenvalue weighted by atomic mass is 19.4. The van der Waals surface area contributed by atoms with Gasteiger partial charge in [-0.15, -0.1) is 0 Å². The van der Waals surface area contributed by atoms with Gasteiger partial charge in [-0.05, 0) is 66.5 Å². The molecule has 0 aromatic heterocycles. The third-order valence-electron chi connectivity index (χ3n) is 9.04. The lowest BCUT2D eigenvalue weighted by atomic mass is 9.60. The largest absolute Gasteiger partial charge is 0.484 e. The summed E-state index contributed by atoms with van der Waals surface area (Å²) in [5.41, 5.74) is 1.43. The molecule has 7 rings (SSSR count). The van der Waals surface area contributed by atoms with E-state index in [0.717, 1.165) is 28.3 Å². The Morgan fingerprint density at radius 2 is 1.53 bits per heavy atom. The number of benzene rings is 3. The molecule has 0 heterocycles. The number of aliphatic hydroxyl groups excluding tert-OH is 1. The zero-order valence-electron chi connectivity index (χ0n) is 23.0.